The third-order valence-corrected chi connectivity index (χ3v) is 6.19. The van der Waals surface area contributed by atoms with Gasteiger partial charge in [-0.2, -0.15) is 0 Å². The third kappa shape index (κ3) is 7.98. The molecule has 5 nitrogen and oxygen atoms in total. The first-order chi connectivity index (χ1) is 17.5. The Morgan fingerprint density at radius 2 is 1.75 bits per heavy atom. The van der Waals surface area contributed by atoms with Crippen LogP contribution in [-0.4, -0.2) is 23.8 Å². The summed E-state index contributed by atoms with van der Waals surface area (Å²) in [5.74, 6) is 0.585. The van der Waals surface area contributed by atoms with Crippen molar-refractivity contribution in [3.63, 3.8) is 0 Å². The van der Waals surface area contributed by atoms with Gasteiger partial charge >= 0.3 is 0 Å². The summed E-state index contributed by atoms with van der Waals surface area (Å²) < 4.78 is 5.74. The molecule has 0 fully saturated rings. The number of aryl methyl sites for hydroxylation is 1. The van der Waals surface area contributed by atoms with Crippen molar-refractivity contribution in [2.45, 2.75) is 65.7 Å². The fraction of sp³-hybridized carbons (Fsp3) is 0.355. The number of hydrogen-bond donors (Lipinski definition) is 2. The Balaban J connectivity index is 1.64. The van der Waals surface area contributed by atoms with Crippen LogP contribution in [0.25, 0.3) is 0 Å². The van der Waals surface area contributed by atoms with Crippen LogP contribution in [0.5, 0.6) is 11.5 Å². The Morgan fingerprint density at radius 1 is 0.972 bits per heavy atom. The highest BCUT2D eigenvalue weighted by molar-refractivity contribution is 6.06. The van der Waals surface area contributed by atoms with Crippen molar-refractivity contribution in [3.8, 4) is 11.5 Å². The number of nitrogens with zero attached hydrogens (tertiary/aromatic N) is 1. The lowest BCUT2D eigenvalue weighted by Crippen LogP contribution is -2.13. The average molecular weight is 487 g/mol. The highest BCUT2D eigenvalue weighted by Crippen LogP contribution is 2.26. The summed E-state index contributed by atoms with van der Waals surface area (Å²) in [4.78, 5) is 17.5. The van der Waals surface area contributed by atoms with Crippen molar-refractivity contribution < 1.29 is 14.6 Å². The van der Waals surface area contributed by atoms with Crippen molar-refractivity contribution in [1.82, 2.24) is 0 Å². The van der Waals surface area contributed by atoms with Gasteiger partial charge in [-0.1, -0.05) is 57.7 Å². The highest BCUT2D eigenvalue weighted by atomic mass is 16.5. The number of unbranched alkanes of at least 4 members (excludes halogenated alkanes) is 4. The van der Waals surface area contributed by atoms with Gasteiger partial charge in [-0.05, 0) is 73.7 Å². The van der Waals surface area contributed by atoms with E-state index in [9.17, 15) is 9.90 Å². The minimum Gasteiger partial charge on any atom is -0.507 e. The molecule has 3 aromatic carbocycles. The van der Waals surface area contributed by atoms with Gasteiger partial charge in [-0.15, -0.1) is 0 Å². The smallest absolute Gasteiger partial charge is 0.256 e. The summed E-state index contributed by atoms with van der Waals surface area (Å²) in [6, 6.07) is 18.7. The first kappa shape index (κ1) is 27.0. The van der Waals surface area contributed by atoms with E-state index in [1.807, 2.05) is 37.3 Å². The number of nitrogens with one attached hydrogen (secondary N) is 1. The van der Waals surface area contributed by atoms with E-state index in [0.717, 1.165) is 43.4 Å². The molecule has 0 saturated heterocycles. The number of rotatable bonds is 13. The molecule has 190 valence electrons. The Kier molecular flexibility index (Phi) is 10.6. The molecule has 0 spiro atoms. The number of phenolic OH excluding ortho intramolecular Hbond substituents is 1. The molecule has 1 amide bonds. The molecule has 3 rings (SSSR count). The Morgan fingerprint density at radius 3 is 2.47 bits per heavy atom. The molecule has 0 aliphatic carbocycles. The maximum Gasteiger partial charge on any atom is 0.256 e. The van der Waals surface area contributed by atoms with Crippen molar-refractivity contribution in [2.24, 2.45) is 4.99 Å². The SMILES string of the molecule is CCCCCCOc1ccc(C=Nc2cccc(C(=O)Nc3ccc(CCCC)cc3)c2C)c(O)c1. The van der Waals surface area contributed by atoms with Gasteiger partial charge in [0.05, 0.1) is 12.3 Å². The van der Waals surface area contributed by atoms with E-state index in [1.165, 1.54) is 18.4 Å². The maximum absolute atomic E-state index is 12.9. The largest absolute Gasteiger partial charge is 0.507 e. The fourth-order valence-corrected chi connectivity index (χ4v) is 3.92. The van der Waals surface area contributed by atoms with Crippen LogP contribution in [0.1, 0.15) is 79.4 Å². The molecule has 2 N–H and O–H groups in total. The maximum atomic E-state index is 12.9. The first-order valence-corrected chi connectivity index (χ1v) is 13.0. The van der Waals surface area contributed by atoms with E-state index >= 15 is 0 Å². The Hall–Kier alpha value is -3.60. The first-order valence-electron chi connectivity index (χ1n) is 13.0. The molecule has 0 unspecified atom stereocenters. The number of amides is 1. The number of hydrogen-bond acceptors (Lipinski definition) is 4. The minimum absolute atomic E-state index is 0.110. The Labute approximate surface area is 215 Å². The second-order valence-electron chi connectivity index (χ2n) is 9.09. The molecule has 0 aromatic heterocycles. The zero-order chi connectivity index (χ0) is 25.8. The summed E-state index contributed by atoms with van der Waals surface area (Å²) in [6.07, 6.45) is 9.53. The number of phenols is 1. The molecule has 0 atom stereocenters. The molecular weight excluding hydrogens is 448 g/mol. The molecule has 36 heavy (non-hydrogen) atoms. The summed E-state index contributed by atoms with van der Waals surface area (Å²) in [6.45, 7) is 6.88. The van der Waals surface area contributed by atoms with Crippen LogP contribution in [0.15, 0.2) is 65.7 Å². The van der Waals surface area contributed by atoms with Crippen LogP contribution in [0.4, 0.5) is 11.4 Å². The lowest BCUT2D eigenvalue weighted by atomic mass is 10.1. The molecule has 0 aliphatic heterocycles. The molecule has 0 bridgehead atoms. The van der Waals surface area contributed by atoms with Gasteiger partial charge in [0, 0.05) is 29.1 Å². The number of benzene rings is 3. The third-order valence-electron chi connectivity index (χ3n) is 6.19. The Bertz CT molecular complexity index is 1150. The zero-order valence-electron chi connectivity index (χ0n) is 21.7. The zero-order valence-corrected chi connectivity index (χ0v) is 21.7. The van der Waals surface area contributed by atoms with Gasteiger partial charge in [0.15, 0.2) is 0 Å². The van der Waals surface area contributed by atoms with E-state index in [-0.39, 0.29) is 11.7 Å². The number of carbonyl (C=O) groups excluding carboxylic acids is 1. The molecule has 3 aromatic rings. The van der Waals surface area contributed by atoms with Gasteiger partial charge in [-0.3, -0.25) is 9.79 Å². The lowest BCUT2D eigenvalue weighted by molar-refractivity contribution is 0.102. The standard InChI is InChI=1S/C31H38N2O3/c1-4-6-8-9-20-36-27-19-16-25(30(34)21-27)22-32-29-13-10-12-28(23(29)3)31(35)33-26-17-14-24(15-18-26)11-7-5-2/h10,12-19,21-22,34H,4-9,11,20H2,1-3H3,(H,33,35). The number of aromatic hydroxyl groups is 1. The number of ether oxygens (including phenoxy) is 1. The molecule has 0 saturated carbocycles. The minimum atomic E-state index is -0.172. The summed E-state index contributed by atoms with van der Waals surface area (Å²) in [5.41, 5.74) is 4.65. The molecule has 5 heteroatoms. The fourth-order valence-electron chi connectivity index (χ4n) is 3.92. The second kappa shape index (κ2) is 14.1. The van der Waals surface area contributed by atoms with E-state index < -0.39 is 0 Å². The van der Waals surface area contributed by atoms with Crippen LogP contribution < -0.4 is 10.1 Å². The van der Waals surface area contributed by atoms with Crippen molar-refractivity contribution in [1.29, 1.82) is 0 Å². The molecule has 0 heterocycles. The van der Waals surface area contributed by atoms with Crippen LogP contribution in [0.3, 0.4) is 0 Å². The van der Waals surface area contributed by atoms with Crippen molar-refractivity contribution in [2.75, 3.05) is 11.9 Å². The number of carbonyl (C=O) groups is 1. The van der Waals surface area contributed by atoms with E-state index in [2.05, 4.69) is 36.3 Å². The van der Waals surface area contributed by atoms with E-state index in [0.29, 0.717) is 29.2 Å². The van der Waals surface area contributed by atoms with Crippen molar-refractivity contribution >= 4 is 23.5 Å². The highest BCUT2D eigenvalue weighted by Gasteiger charge is 2.12. The summed E-state index contributed by atoms with van der Waals surface area (Å²) in [5, 5.41) is 13.4. The number of anilines is 1. The predicted octanol–water partition coefficient (Wildman–Crippen LogP) is 8.01. The van der Waals surface area contributed by atoms with Gasteiger partial charge in [0.1, 0.15) is 11.5 Å². The quantitative estimate of drug-likeness (QED) is 0.190. The van der Waals surface area contributed by atoms with E-state index in [1.54, 1.807) is 24.4 Å². The van der Waals surface area contributed by atoms with Gasteiger partial charge in [0.2, 0.25) is 0 Å². The van der Waals surface area contributed by atoms with Crippen molar-refractivity contribution in [3.05, 3.63) is 82.9 Å². The normalized spacial score (nSPS) is 11.1. The monoisotopic (exact) mass is 486 g/mol. The molecule has 0 radical (unpaired) electrons. The van der Waals surface area contributed by atoms with Crippen LogP contribution in [-0.2, 0) is 6.42 Å². The summed E-state index contributed by atoms with van der Waals surface area (Å²) in [7, 11) is 0. The molecule has 0 aliphatic rings. The van der Waals surface area contributed by atoms with Crippen LogP contribution in [0.2, 0.25) is 0 Å². The topological polar surface area (TPSA) is 70.9 Å². The lowest BCUT2D eigenvalue weighted by Gasteiger charge is -2.10. The van der Waals surface area contributed by atoms with E-state index in [4.69, 9.17) is 4.74 Å². The second-order valence-corrected chi connectivity index (χ2v) is 9.09. The molecular formula is C31H38N2O3. The van der Waals surface area contributed by atoms with Gasteiger partial charge in [-0.25, -0.2) is 0 Å². The van der Waals surface area contributed by atoms with Gasteiger partial charge < -0.3 is 15.2 Å². The van der Waals surface area contributed by atoms with Crippen LogP contribution in [0, 0.1) is 6.92 Å². The predicted molar refractivity (Wildman–Crippen MR) is 149 cm³/mol. The number of aliphatic imine (C=N–C) groups is 1. The summed E-state index contributed by atoms with van der Waals surface area (Å²) >= 11 is 0. The average Bonchev–Trinajstić information content (AvgIpc) is 2.88. The van der Waals surface area contributed by atoms with Gasteiger partial charge in [0.25, 0.3) is 5.91 Å². The van der Waals surface area contributed by atoms with Crippen LogP contribution >= 0.6 is 0 Å².